The molecule has 2 aromatic carbocycles. The van der Waals surface area contributed by atoms with Gasteiger partial charge in [-0.05, 0) is 65.5 Å². The molecular weight excluding hydrogens is 444 g/mol. The molecule has 2 atom stereocenters. The van der Waals surface area contributed by atoms with Crippen molar-refractivity contribution in [2.75, 3.05) is 16.8 Å². The van der Waals surface area contributed by atoms with Crippen molar-refractivity contribution in [3.8, 4) is 17.2 Å². The van der Waals surface area contributed by atoms with Crippen molar-refractivity contribution in [3.63, 3.8) is 0 Å². The molecule has 1 fully saturated rings. The third-order valence-electron chi connectivity index (χ3n) is 6.75. The Labute approximate surface area is 206 Å². The fourth-order valence-electron chi connectivity index (χ4n) is 4.55. The predicted molar refractivity (Wildman–Crippen MR) is 138 cm³/mol. The number of hydrogen-bond acceptors (Lipinski definition) is 6. The van der Waals surface area contributed by atoms with E-state index in [1.54, 1.807) is 12.1 Å². The highest BCUT2D eigenvalue weighted by atomic mass is 16.6. The number of para-hydroxylation sites is 1. The summed E-state index contributed by atoms with van der Waals surface area (Å²) in [4.78, 5) is 15.0. The van der Waals surface area contributed by atoms with Crippen LogP contribution in [0.5, 0.6) is 17.2 Å². The molecule has 35 heavy (non-hydrogen) atoms. The van der Waals surface area contributed by atoms with Crippen LogP contribution in [0.2, 0.25) is 0 Å². The predicted octanol–water partition coefficient (Wildman–Crippen LogP) is 6.14. The van der Waals surface area contributed by atoms with E-state index in [0.717, 1.165) is 25.7 Å². The molecule has 2 aromatic rings. The number of benzene rings is 2. The molecule has 0 spiro atoms. The van der Waals surface area contributed by atoms with Crippen LogP contribution in [-0.2, 0) is 4.74 Å². The van der Waals surface area contributed by atoms with Crippen LogP contribution < -0.4 is 10.2 Å². The summed E-state index contributed by atoms with van der Waals surface area (Å²) >= 11 is 0. The largest absolute Gasteiger partial charge is 0.508 e. The number of anilines is 3. The second-order valence-corrected chi connectivity index (χ2v) is 9.93. The number of carbonyl (C=O) groups is 1. The molecular formula is C28H34N2O5. The molecule has 0 aliphatic carbocycles. The van der Waals surface area contributed by atoms with E-state index in [0.29, 0.717) is 5.69 Å². The van der Waals surface area contributed by atoms with E-state index in [-0.39, 0.29) is 58.3 Å². The maximum absolute atomic E-state index is 13.5. The van der Waals surface area contributed by atoms with Gasteiger partial charge in [0, 0.05) is 12.1 Å². The maximum Gasteiger partial charge on any atom is 0.260 e. The summed E-state index contributed by atoms with van der Waals surface area (Å²) in [5.74, 6) is -0.832. The number of amides is 1. The first-order valence-electron chi connectivity index (χ1n) is 12.0. The Morgan fingerprint density at radius 2 is 1.86 bits per heavy atom. The maximum atomic E-state index is 13.5. The summed E-state index contributed by atoms with van der Waals surface area (Å²) in [5, 5.41) is 34.0. The van der Waals surface area contributed by atoms with E-state index in [1.807, 2.05) is 6.92 Å². The van der Waals surface area contributed by atoms with Crippen LogP contribution in [0.4, 0.5) is 17.1 Å². The van der Waals surface area contributed by atoms with E-state index in [2.05, 4.69) is 38.2 Å². The molecule has 2 heterocycles. The van der Waals surface area contributed by atoms with Crippen LogP contribution in [0.1, 0.15) is 63.7 Å². The Balaban J connectivity index is 1.51. The number of nitrogens with one attached hydrogen (secondary N) is 1. The first-order chi connectivity index (χ1) is 16.6. The molecule has 2 aliphatic heterocycles. The summed E-state index contributed by atoms with van der Waals surface area (Å²) in [7, 11) is 0. The third kappa shape index (κ3) is 5.30. The minimum atomic E-state index is -0.364. The number of ether oxygens (including phenoxy) is 1. The number of carbonyl (C=O) groups excluding carboxylic acids is 1. The molecule has 0 radical (unpaired) electrons. The lowest BCUT2D eigenvalue weighted by atomic mass is 9.99. The van der Waals surface area contributed by atoms with Crippen molar-refractivity contribution in [3.05, 3.63) is 59.2 Å². The quantitative estimate of drug-likeness (QED) is 0.157. The van der Waals surface area contributed by atoms with Crippen LogP contribution >= 0.6 is 0 Å². The zero-order valence-corrected chi connectivity index (χ0v) is 20.8. The second-order valence-electron chi connectivity index (χ2n) is 9.93. The van der Waals surface area contributed by atoms with Crippen LogP contribution in [0, 0.1) is 0 Å². The normalized spacial score (nSPS) is 21.0. The number of hydrogen-bond donors (Lipinski definition) is 4. The van der Waals surface area contributed by atoms with Gasteiger partial charge >= 0.3 is 0 Å². The number of allylic oxidation sites excluding steroid dienone is 4. The van der Waals surface area contributed by atoms with Gasteiger partial charge in [-0.1, -0.05) is 29.4 Å². The van der Waals surface area contributed by atoms with Crippen LogP contribution in [0.15, 0.2) is 53.6 Å². The first-order valence-corrected chi connectivity index (χ1v) is 12.0. The zero-order chi connectivity index (χ0) is 25.3. The van der Waals surface area contributed by atoms with Crippen molar-refractivity contribution in [2.24, 2.45) is 0 Å². The van der Waals surface area contributed by atoms with Gasteiger partial charge in [-0.3, -0.25) is 4.79 Å². The molecule has 1 saturated heterocycles. The number of rotatable bonds is 8. The average molecular weight is 479 g/mol. The topological polar surface area (TPSA) is 106 Å². The van der Waals surface area contributed by atoms with Crippen molar-refractivity contribution >= 4 is 23.0 Å². The highest BCUT2D eigenvalue weighted by molar-refractivity contribution is 6.15. The summed E-state index contributed by atoms with van der Waals surface area (Å²) < 4.78 is 6.05. The molecule has 1 amide bonds. The summed E-state index contributed by atoms with van der Waals surface area (Å²) in [6.45, 7) is 8.67. The molecule has 2 aliphatic rings. The number of fused-ring (bicyclic) bond motifs is 2. The van der Waals surface area contributed by atoms with Gasteiger partial charge in [-0.25, -0.2) is 0 Å². The highest BCUT2D eigenvalue weighted by Crippen LogP contribution is 2.48. The van der Waals surface area contributed by atoms with E-state index >= 15 is 0 Å². The molecule has 7 nitrogen and oxygen atoms in total. The Kier molecular flexibility index (Phi) is 6.81. The van der Waals surface area contributed by atoms with Crippen molar-refractivity contribution in [1.29, 1.82) is 0 Å². The van der Waals surface area contributed by atoms with Gasteiger partial charge in [0.1, 0.15) is 29.0 Å². The Bertz CT molecular complexity index is 1200. The van der Waals surface area contributed by atoms with Gasteiger partial charge in [0.15, 0.2) is 0 Å². The molecule has 186 valence electrons. The number of epoxide rings is 1. The lowest BCUT2D eigenvalue weighted by Gasteiger charge is -2.23. The summed E-state index contributed by atoms with van der Waals surface area (Å²) in [5.41, 5.74) is 3.39. The van der Waals surface area contributed by atoms with E-state index < -0.39 is 0 Å². The Morgan fingerprint density at radius 1 is 1.09 bits per heavy atom. The third-order valence-corrected chi connectivity index (χ3v) is 6.75. The molecule has 7 heteroatoms. The molecule has 0 aromatic heterocycles. The minimum absolute atomic E-state index is 0.101. The van der Waals surface area contributed by atoms with Gasteiger partial charge < -0.3 is 30.3 Å². The lowest BCUT2D eigenvalue weighted by molar-refractivity contribution is 0.0986. The second kappa shape index (κ2) is 9.66. The fourth-order valence-corrected chi connectivity index (χ4v) is 4.55. The summed E-state index contributed by atoms with van der Waals surface area (Å²) in [6, 6.07) is 7.33. The molecule has 4 N–H and O–H groups in total. The van der Waals surface area contributed by atoms with Crippen LogP contribution in [-0.4, -0.2) is 39.5 Å². The Morgan fingerprint density at radius 3 is 2.60 bits per heavy atom. The van der Waals surface area contributed by atoms with Crippen molar-refractivity contribution < 1.29 is 24.9 Å². The van der Waals surface area contributed by atoms with Gasteiger partial charge in [0.25, 0.3) is 5.91 Å². The summed E-state index contributed by atoms with van der Waals surface area (Å²) in [6.07, 6.45) is 8.11. The fraction of sp³-hybridized carbons (Fsp3) is 0.393. The molecule has 2 unspecified atom stereocenters. The Hall–Kier alpha value is -3.45. The lowest BCUT2D eigenvalue weighted by Crippen LogP contribution is -2.35. The average Bonchev–Trinajstić information content (AvgIpc) is 3.44. The van der Waals surface area contributed by atoms with Crippen LogP contribution in [0.3, 0.4) is 0 Å². The zero-order valence-electron chi connectivity index (χ0n) is 20.8. The minimum Gasteiger partial charge on any atom is -0.508 e. The standard InChI is InChI=1S/C28H34N2O5/c1-17(2)8-5-9-18(3)10-7-13-28(4)24(35-28)16-30-21-14-19(31)15-23(33)26(21)29-25-20(27(30)34)11-6-12-22(25)32/h6,8,10-12,14-15,24,29,31-33H,5,7,9,13,16H2,1-4H3. The molecule has 0 bridgehead atoms. The number of aromatic hydroxyl groups is 3. The SMILES string of the molecule is CC(C)=CCCC(C)=CCCC1(C)OC1CN1C(=O)c2cccc(O)c2Nc2c(O)cc(O)cc21. The number of phenolic OH excluding ortho intramolecular Hbond substituents is 3. The smallest absolute Gasteiger partial charge is 0.260 e. The van der Waals surface area contributed by atoms with Crippen molar-refractivity contribution in [2.45, 2.75) is 65.1 Å². The number of phenols is 3. The van der Waals surface area contributed by atoms with E-state index in [9.17, 15) is 20.1 Å². The number of nitrogens with zero attached hydrogens (tertiary/aromatic N) is 1. The van der Waals surface area contributed by atoms with Gasteiger partial charge in [-0.2, -0.15) is 0 Å². The molecule has 0 saturated carbocycles. The van der Waals surface area contributed by atoms with Crippen molar-refractivity contribution in [1.82, 2.24) is 0 Å². The first kappa shape index (κ1) is 24.7. The van der Waals surface area contributed by atoms with Gasteiger partial charge in [0.05, 0.1) is 29.1 Å². The molecule has 4 rings (SSSR count). The van der Waals surface area contributed by atoms with E-state index in [4.69, 9.17) is 4.74 Å². The van der Waals surface area contributed by atoms with Crippen LogP contribution in [0.25, 0.3) is 0 Å². The van der Waals surface area contributed by atoms with Gasteiger partial charge in [0.2, 0.25) is 0 Å². The van der Waals surface area contributed by atoms with Gasteiger partial charge in [-0.15, -0.1) is 0 Å². The highest BCUT2D eigenvalue weighted by Gasteiger charge is 2.53. The monoisotopic (exact) mass is 478 g/mol. The van der Waals surface area contributed by atoms with E-state index in [1.165, 1.54) is 34.2 Å².